The van der Waals surface area contributed by atoms with Crippen LogP contribution in [-0.2, 0) is 11.3 Å². The predicted molar refractivity (Wildman–Crippen MR) is 128 cm³/mol. The van der Waals surface area contributed by atoms with E-state index in [1.807, 2.05) is 66.7 Å². The van der Waals surface area contributed by atoms with Crippen LogP contribution in [0.15, 0.2) is 94.7 Å². The van der Waals surface area contributed by atoms with E-state index in [9.17, 15) is 9.59 Å². The van der Waals surface area contributed by atoms with Crippen molar-refractivity contribution in [3.63, 3.8) is 0 Å². The molecule has 2 N–H and O–H groups in total. The maximum atomic E-state index is 13.1. The number of benzene rings is 3. The normalized spacial score (nSPS) is 12.4. The van der Waals surface area contributed by atoms with Crippen LogP contribution in [0.3, 0.4) is 0 Å². The third kappa shape index (κ3) is 3.41. The number of rotatable bonds is 5. The molecular formula is C26H19N5O3. The number of imidazole rings is 1. The summed E-state index contributed by atoms with van der Waals surface area (Å²) in [6.45, 7) is -0.186. The van der Waals surface area contributed by atoms with Gasteiger partial charge in [-0.05, 0) is 35.4 Å². The molecule has 6 aromatic rings. The standard InChI is InChI=1S/C26H19N5O3/c32-22(13-31-15-29-24-18-8-4-5-9-21(18)34-25(24)26(31)33)30-23(16-6-2-1-3-7-16)17-10-11-19-20(12-17)28-14-27-19/h1-12,14-15,23H,13H2,(H,27,28)(H,30,32). The number of hydrogen-bond acceptors (Lipinski definition) is 5. The molecule has 6 rings (SSSR count). The van der Waals surface area contributed by atoms with Crippen molar-refractivity contribution in [2.24, 2.45) is 0 Å². The van der Waals surface area contributed by atoms with Crippen molar-refractivity contribution in [3.05, 3.63) is 107 Å². The molecule has 1 atom stereocenters. The van der Waals surface area contributed by atoms with Gasteiger partial charge in [0, 0.05) is 5.39 Å². The van der Waals surface area contributed by atoms with Crippen molar-refractivity contribution in [2.45, 2.75) is 12.6 Å². The van der Waals surface area contributed by atoms with Crippen LogP contribution in [0.1, 0.15) is 17.2 Å². The lowest BCUT2D eigenvalue weighted by molar-refractivity contribution is -0.122. The molecule has 3 aromatic carbocycles. The van der Waals surface area contributed by atoms with Gasteiger partial charge in [-0.3, -0.25) is 14.2 Å². The number of carbonyl (C=O) groups is 1. The van der Waals surface area contributed by atoms with Crippen LogP contribution in [-0.4, -0.2) is 25.4 Å². The van der Waals surface area contributed by atoms with Crippen molar-refractivity contribution in [1.82, 2.24) is 24.8 Å². The Bertz CT molecular complexity index is 1720. The molecule has 0 aliphatic rings. The largest absolute Gasteiger partial charge is 0.448 e. The number of hydrogen-bond donors (Lipinski definition) is 2. The molecular weight excluding hydrogens is 430 g/mol. The third-order valence-electron chi connectivity index (χ3n) is 5.88. The fourth-order valence-corrected chi connectivity index (χ4v) is 4.23. The lowest BCUT2D eigenvalue weighted by Crippen LogP contribution is -2.35. The summed E-state index contributed by atoms with van der Waals surface area (Å²) in [7, 11) is 0. The number of carbonyl (C=O) groups excluding carboxylic acids is 1. The van der Waals surface area contributed by atoms with E-state index < -0.39 is 11.6 Å². The first kappa shape index (κ1) is 19.9. The fraction of sp³-hybridized carbons (Fsp3) is 0.0769. The van der Waals surface area contributed by atoms with E-state index in [2.05, 4.69) is 20.3 Å². The van der Waals surface area contributed by atoms with Crippen LogP contribution in [0, 0.1) is 0 Å². The minimum Gasteiger partial charge on any atom is -0.448 e. The SMILES string of the molecule is O=C(Cn1cnc2c(oc3ccccc32)c1=O)NC(c1ccccc1)c1ccc2nc[nH]c2c1. The van der Waals surface area contributed by atoms with E-state index in [4.69, 9.17) is 4.42 Å². The number of H-pyrrole nitrogens is 1. The molecule has 1 unspecified atom stereocenters. The van der Waals surface area contributed by atoms with E-state index in [0.29, 0.717) is 11.1 Å². The monoisotopic (exact) mass is 449 g/mol. The molecule has 8 heteroatoms. The van der Waals surface area contributed by atoms with Crippen LogP contribution in [0.5, 0.6) is 0 Å². The first-order valence-corrected chi connectivity index (χ1v) is 10.8. The van der Waals surface area contributed by atoms with E-state index in [1.54, 1.807) is 12.4 Å². The average Bonchev–Trinajstić information content (AvgIpc) is 3.49. The Morgan fingerprint density at radius 2 is 1.82 bits per heavy atom. The zero-order chi connectivity index (χ0) is 23.1. The van der Waals surface area contributed by atoms with Gasteiger partial charge in [-0.2, -0.15) is 0 Å². The number of aromatic nitrogens is 4. The maximum Gasteiger partial charge on any atom is 0.297 e. The van der Waals surface area contributed by atoms with Crippen LogP contribution in [0.2, 0.25) is 0 Å². The topological polar surface area (TPSA) is 106 Å². The third-order valence-corrected chi connectivity index (χ3v) is 5.88. The summed E-state index contributed by atoms with van der Waals surface area (Å²) in [6, 6.07) is 22.4. The minimum atomic E-state index is -0.403. The Kier molecular flexibility index (Phi) is 4.69. The number of nitrogens with one attached hydrogen (secondary N) is 2. The number of nitrogens with zero attached hydrogens (tertiary/aromatic N) is 3. The van der Waals surface area contributed by atoms with Crippen LogP contribution in [0.25, 0.3) is 33.1 Å². The molecule has 0 aliphatic heterocycles. The smallest absolute Gasteiger partial charge is 0.297 e. The quantitative estimate of drug-likeness (QED) is 0.415. The molecule has 0 saturated heterocycles. The average molecular weight is 449 g/mol. The fourth-order valence-electron chi connectivity index (χ4n) is 4.23. The van der Waals surface area contributed by atoms with E-state index >= 15 is 0 Å². The molecule has 0 radical (unpaired) electrons. The maximum absolute atomic E-state index is 13.1. The highest BCUT2D eigenvalue weighted by atomic mass is 16.3. The summed E-state index contributed by atoms with van der Waals surface area (Å²) < 4.78 is 6.99. The van der Waals surface area contributed by atoms with Gasteiger partial charge >= 0.3 is 0 Å². The lowest BCUT2D eigenvalue weighted by Gasteiger charge is -2.20. The Balaban J connectivity index is 1.33. The molecule has 1 amide bonds. The molecule has 0 spiro atoms. The van der Waals surface area contributed by atoms with Crippen LogP contribution in [0.4, 0.5) is 0 Å². The molecule has 34 heavy (non-hydrogen) atoms. The Morgan fingerprint density at radius 3 is 2.71 bits per heavy atom. The highest BCUT2D eigenvalue weighted by Gasteiger charge is 2.19. The first-order chi connectivity index (χ1) is 16.7. The second kappa shape index (κ2) is 8.00. The first-order valence-electron chi connectivity index (χ1n) is 10.8. The van der Waals surface area contributed by atoms with Gasteiger partial charge in [0.1, 0.15) is 17.6 Å². The minimum absolute atomic E-state index is 0.140. The number of para-hydroxylation sites is 1. The number of amides is 1. The zero-order valence-electron chi connectivity index (χ0n) is 17.9. The zero-order valence-corrected chi connectivity index (χ0v) is 17.9. The van der Waals surface area contributed by atoms with Crippen molar-refractivity contribution >= 4 is 39.0 Å². The summed E-state index contributed by atoms with van der Waals surface area (Å²) in [6.07, 6.45) is 3.03. The van der Waals surface area contributed by atoms with Crippen molar-refractivity contribution in [2.75, 3.05) is 0 Å². The van der Waals surface area contributed by atoms with Crippen LogP contribution >= 0.6 is 0 Å². The van der Waals surface area contributed by atoms with Crippen molar-refractivity contribution in [1.29, 1.82) is 0 Å². The summed E-state index contributed by atoms with van der Waals surface area (Å²) in [4.78, 5) is 37.9. The molecule has 3 aromatic heterocycles. The number of furan rings is 1. The summed E-state index contributed by atoms with van der Waals surface area (Å²) in [5, 5.41) is 3.83. The highest BCUT2D eigenvalue weighted by molar-refractivity contribution is 6.01. The van der Waals surface area contributed by atoms with E-state index in [1.165, 1.54) is 10.9 Å². The Hall–Kier alpha value is -4.72. The summed E-state index contributed by atoms with van der Waals surface area (Å²) in [5.74, 6) is -0.321. The molecule has 0 bridgehead atoms. The molecule has 3 heterocycles. The van der Waals surface area contributed by atoms with E-state index in [0.717, 1.165) is 27.5 Å². The molecule has 0 fully saturated rings. The lowest BCUT2D eigenvalue weighted by atomic mass is 9.98. The molecule has 166 valence electrons. The van der Waals surface area contributed by atoms with Crippen molar-refractivity contribution in [3.8, 4) is 0 Å². The van der Waals surface area contributed by atoms with Gasteiger partial charge in [0.05, 0.1) is 29.7 Å². The molecule has 0 aliphatic carbocycles. The second-order valence-corrected chi connectivity index (χ2v) is 8.04. The van der Waals surface area contributed by atoms with Gasteiger partial charge in [-0.25, -0.2) is 9.97 Å². The van der Waals surface area contributed by atoms with Gasteiger partial charge in [-0.15, -0.1) is 0 Å². The number of fused-ring (bicyclic) bond motifs is 4. The van der Waals surface area contributed by atoms with Crippen LogP contribution < -0.4 is 10.9 Å². The summed E-state index contributed by atoms with van der Waals surface area (Å²) >= 11 is 0. The van der Waals surface area contributed by atoms with Gasteiger partial charge in [0.25, 0.3) is 5.56 Å². The Labute approximate surface area is 192 Å². The molecule has 8 nitrogen and oxygen atoms in total. The number of aromatic amines is 1. The highest BCUT2D eigenvalue weighted by Crippen LogP contribution is 2.25. The predicted octanol–water partition coefficient (Wildman–Crippen LogP) is 3.92. The van der Waals surface area contributed by atoms with Gasteiger partial charge in [-0.1, -0.05) is 48.5 Å². The van der Waals surface area contributed by atoms with Gasteiger partial charge in [0.2, 0.25) is 11.5 Å². The Morgan fingerprint density at radius 1 is 1.00 bits per heavy atom. The van der Waals surface area contributed by atoms with Gasteiger partial charge < -0.3 is 14.7 Å². The second-order valence-electron chi connectivity index (χ2n) is 8.04. The van der Waals surface area contributed by atoms with Gasteiger partial charge in [0.15, 0.2) is 0 Å². The summed E-state index contributed by atoms with van der Waals surface area (Å²) in [5.41, 5.74) is 4.37. The van der Waals surface area contributed by atoms with Crippen molar-refractivity contribution < 1.29 is 9.21 Å². The van der Waals surface area contributed by atoms with E-state index in [-0.39, 0.29) is 18.0 Å². The molecule has 0 saturated carbocycles.